The van der Waals surface area contributed by atoms with Gasteiger partial charge in [0.25, 0.3) is 0 Å². The van der Waals surface area contributed by atoms with Crippen LogP contribution in [0.5, 0.6) is 0 Å². The lowest BCUT2D eigenvalue weighted by Crippen LogP contribution is -2.34. The Hall–Kier alpha value is -1.47. The second kappa shape index (κ2) is 12.1. The molecule has 0 radical (unpaired) electrons. The van der Waals surface area contributed by atoms with E-state index in [-0.39, 0.29) is 24.4 Å². The summed E-state index contributed by atoms with van der Waals surface area (Å²) in [6.07, 6.45) is 13.6. The van der Waals surface area contributed by atoms with Gasteiger partial charge in [0, 0.05) is 12.0 Å². The maximum absolute atomic E-state index is 12.5. The number of carbonyl (C=O) groups excluding carboxylic acids is 1. The van der Waals surface area contributed by atoms with E-state index in [2.05, 4.69) is 15.5 Å². The third kappa shape index (κ3) is 8.81. The molecule has 1 atom stereocenters. The van der Waals surface area contributed by atoms with Gasteiger partial charge in [-0.1, -0.05) is 50.1 Å². The normalized spacial score (nSPS) is 23.8. The van der Waals surface area contributed by atoms with Crippen molar-refractivity contribution in [3.8, 4) is 0 Å². The number of aliphatic hydroxyl groups is 1. The molecule has 2 saturated carbocycles. The van der Waals surface area contributed by atoms with Crippen molar-refractivity contribution in [3.05, 3.63) is 11.7 Å². The van der Waals surface area contributed by atoms with Crippen LogP contribution < -0.4 is 5.32 Å². The molecule has 2 fully saturated rings. The van der Waals surface area contributed by atoms with Crippen molar-refractivity contribution in [2.75, 3.05) is 0 Å². The molecule has 182 valence electrons. The van der Waals surface area contributed by atoms with Crippen molar-refractivity contribution < 1.29 is 19.2 Å². The lowest BCUT2D eigenvalue weighted by atomic mass is 9.84. The smallest absolute Gasteiger partial charge is 0.307 e. The van der Waals surface area contributed by atoms with Crippen molar-refractivity contribution in [2.24, 2.45) is 5.92 Å². The van der Waals surface area contributed by atoms with Crippen molar-refractivity contribution in [3.63, 3.8) is 0 Å². The SMILES string of the molecule is CC(C)(C)OC(=O)C[C@@H](CCCC1CCCCC1)c1nc(CN[C@H]2CC[C@H](O)CC2)no1. The largest absolute Gasteiger partial charge is 0.460 e. The number of rotatable bonds is 10. The number of aromatic nitrogens is 2. The van der Waals surface area contributed by atoms with Crippen LogP contribution in [0.2, 0.25) is 0 Å². The minimum Gasteiger partial charge on any atom is -0.460 e. The molecule has 0 aliphatic heterocycles. The third-order valence-electron chi connectivity index (χ3n) is 6.80. The van der Waals surface area contributed by atoms with Gasteiger partial charge in [-0.05, 0) is 58.8 Å². The van der Waals surface area contributed by atoms with Gasteiger partial charge in [-0.2, -0.15) is 4.98 Å². The number of ether oxygens (including phenoxy) is 1. The fraction of sp³-hybridized carbons (Fsp3) is 0.880. The third-order valence-corrected chi connectivity index (χ3v) is 6.80. The molecular weight excluding hydrogens is 406 g/mol. The van der Waals surface area contributed by atoms with Crippen LogP contribution in [0.4, 0.5) is 0 Å². The highest BCUT2D eigenvalue weighted by Crippen LogP contribution is 2.31. The molecule has 0 aromatic carbocycles. The standard InChI is InChI=1S/C25H43N3O4/c1-25(2,3)31-23(30)16-19(11-7-10-18-8-5-4-6-9-18)24-27-22(28-32-24)17-26-20-12-14-21(29)15-13-20/h18-21,26,29H,4-17H2,1-3H3/t19-,20-,21-/m1/s1. The molecule has 32 heavy (non-hydrogen) atoms. The Balaban J connectivity index is 1.54. The highest BCUT2D eigenvalue weighted by Gasteiger charge is 2.27. The number of aliphatic hydroxyl groups excluding tert-OH is 1. The Morgan fingerprint density at radius 3 is 2.56 bits per heavy atom. The minimum absolute atomic E-state index is 0.0977. The van der Waals surface area contributed by atoms with Crippen LogP contribution in [-0.4, -0.2) is 39.0 Å². The summed E-state index contributed by atoms with van der Waals surface area (Å²) in [5, 5.41) is 17.3. The van der Waals surface area contributed by atoms with E-state index in [0.29, 0.717) is 24.3 Å². The van der Waals surface area contributed by atoms with E-state index < -0.39 is 5.60 Å². The van der Waals surface area contributed by atoms with E-state index >= 15 is 0 Å². The fourth-order valence-corrected chi connectivity index (χ4v) is 5.05. The van der Waals surface area contributed by atoms with Gasteiger partial charge in [-0.15, -0.1) is 0 Å². The first-order valence-electron chi connectivity index (χ1n) is 12.7. The molecule has 2 aliphatic rings. The van der Waals surface area contributed by atoms with Gasteiger partial charge in [0.15, 0.2) is 5.82 Å². The van der Waals surface area contributed by atoms with E-state index in [1.807, 2.05) is 20.8 Å². The summed E-state index contributed by atoms with van der Waals surface area (Å²) in [5.41, 5.74) is -0.499. The maximum atomic E-state index is 12.5. The van der Waals surface area contributed by atoms with Crippen molar-refractivity contribution in [2.45, 2.75) is 134 Å². The van der Waals surface area contributed by atoms with Gasteiger partial charge in [0.05, 0.1) is 19.1 Å². The second-order valence-corrected chi connectivity index (χ2v) is 10.9. The lowest BCUT2D eigenvalue weighted by molar-refractivity contribution is -0.155. The van der Waals surface area contributed by atoms with E-state index in [9.17, 15) is 9.90 Å². The van der Waals surface area contributed by atoms with Crippen LogP contribution in [-0.2, 0) is 16.1 Å². The summed E-state index contributed by atoms with van der Waals surface area (Å²) < 4.78 is 11.2. The zero-order valence-corrected chi connectivity index (χ0v) is 20.3. The number of carbonyl (C=O) groups is 1. The second-order valence-electron chi connectivity index (χ2n) is 10.9. The average molecular weight is 450 g/mol. The van der Waals surface area contributed by atoms with Gasteiger partial charge in [-0.3, -0.25) is 4.79 Å². The molecule has 7 heteroatoms. The molecule has 1 heterocycles. The molecule has 0 spiro atoms. The maximum Gasteiger partial charge on any atom is 0.307 e. The Labute approximate surface area is 193 Å². The zero-order valence-electron chi connectivity index (χ0n) is 20.3. The predicted octanol–water partition coefficient (Wildman–Crippen LogP) is 5.03. The fourth-order valence-electron chi connectivity index (χ4n) is 5.05. The molecule has 1 aromatic heterocycles. The van der Waals surface area contributed by atoms with Crippen molar-refractivity contribution >= 4 is 5.97 Å². The topological polar surface area (TPSA) is 97.5 Å². The zero-order chi connectivity index (χ0) is 23.0. The average Bonchev–Trinajstić information content (AvgIpc) is 3.21. The molecular formula is C25H43N3O4. The van der Waals surface area contributed by atoms with Gasteiger partial charge in [0.1, 0.15) is 5.60 Å². The first-order valence-corrected chi connectivity index (χ1v) is 12.7. The first-order chi connectivity index (χ1) is 15.3. The highest BCUT2D eigenvalue weighted by atomic mass is 16.6. The molecule has 0 unspecified atom stereocenters. The Kier molecular flexibility index (Phi) is 9.53. The van der Waals surface area contributed by atoms with Crippen molar-refractivity contribution in [1.82, 2.24) is 15.5 Å². The molecule has 2 aliphatic carbocycles. The number of nitrogens with one attached hydrogen (secondary N) is 1. The van der Waals surface area contributed by atoms with Gasteiger partial charge in [-0.25, -0.2) is 0 Å². The Bertz CT molecular complexity index is 686. The molecule has 3 rings (SSSR count). The van der Waals surface area contributed by atoms with E-state index in [1.54, 1.807) is 0 Å². The van der Waals surface area contributed by atoms with Gasteiger partial charge < -0.3 is 19.7 Å². The van der Waals surface area contributed by atoms with Crippen LogP contribution in [0.25, 0.3) is 0 Å². The van der Waals surface area contributed by atoms with Crippen LogP contribution in [0.1, 0.15) is 122 Å². The van der Waals surface area contributed by atoms with Gasteiger partial charge in [0.2, 0.25) is 5.89 Å². The van der Waals surface area contributed by atoms with Crippen LogP contribution in [0.15, 0.2) is 4.52 Å². The quantitative estimate of drug-likeness (QED) is 0.484. The lowest BCUT2D eigenvalue weighted by Gasteiger charge is -2.25. The summed E-state index contributed by atoms with van der Waals surface area (Å²) in [7, 11) is 0. The van der Waals surface area contributed by atoms with E-state index in [0.717, 1.165) is 44.4 Å². The number of hydrogen-bond acceptors (Lipinski definition) is 7. The summed E-state index contributed by atoms with van der Waals surface area (Å²) in [6.45, 7) is 6.22. The molecule has 7 nitrogen and oxygen atoms in total. The Morgan fingerprint density at radius 2 is 1.88 bits per heavy atom. The number of hydrogen-bond donors (Lipinski definition) is 2. The summed E-state index contributed by atoms with van der Waals surface area (Å²) in [6, 6.07) is 0.383. The minimum atomic E-state index is -0.499. The van der Waals surface area contributed by atoms with E-state index in [1.165, 1.54) is 38.5 Å². The molecule has 0 saturated heterocycles. The number of esters is 1. The summed E-state index contributed by atoms with van der Waals surface area (Å²) >= 11 is 0. The summed E-state index contributed by atoms with van der Waals surface area (Å²) in [4.78, 5) is 17.2. The first kappa shape index (κ1) is 25.2. The van der Waals surface area contributed by atoms with Gasteiger partial charge >= 0.3 is 5.97 Å². The predicted molar refractivity (Wildman–Crippen MR) is 123 cm³/mol. The highest BCUT2D eigenvalue weighted by molar-refractivity contribution is 5.70. The van der Waals surface area contributed by atoms with Crippen LogP contribution >= 0.6 is 0 Å². The molecule has 2 N–H and O–H groups in total. The number of nitrogens with zero attached hydrogens (tertiary/aromatic N) is 2. The monoisotopic (exact) mass is 449 g/mol. The van der Waals surface area contributed by atoms with E-state index in [4.69, 9.17) is 9.26 Å². The Morgan fingerprint density at radius 1 is 1.16 bits per heavy atom. The van der Waals surface area contributed by atoms with Crippen molar-refractivity contribution in [1.29, 1.82) is 0 Å². The molecule has 0 bridgehead atoms. The molecule has 0 amide bonds. The van der Waals surface area contributed by atoms with Crippen LogP contribution in [0.3, 0.4) is 0 Å². The summed E-state index contributed by atoms with van der Waals surface area (Å²) in [5.74, 6) is 1.70. The van der Waals surface area contributed by atoms with Crippen LogP contribution in [0, 0.1) is 5.92 Å². The molecule has 1 aromatic rings.